The highest BCUT2D eigenvalue weighted by Gasteiger charge is 2.18. The van der Waals surface area contributed by atoms with Crippen molar-refractivity contribution >= 4 is 29.0 Å². The second-order valence-corrected chi connectivity index (χ2v) is 6.15. The molecular formula is C16H19N3O2S. The van der Waals surface area contributed by atoms with Gasteiger partial charge in [-0.05, 0) is 43.3 Å². The van der Waals surface area contributed by atoms with Crippen molar-refractivity contribution < 1.29 is 4.79 Å². The van der Waals surface area contributed by atoms with Gasteiger partial charge in [0, 0.05) is 25.7 Å². The number of benzene rings is 1. The molecule has 116 valence electrons. The van der Waals surface area contributed by atoms with Gasteiger partial charge in [0.15, 0.2) is 4.77 Å². The minimum absolute atomic E-state index is 0.0313. The maximum atomic E-state index is 12.6. The molecular weight excluding hydrogens is 298 g/mol. The number of carbonyl (C=O) groups excluding carboxylic acids is 1. The minimum atomic E-state index is -0.146. The predicted molar refractivity (Wildman–Crippen MR) is 88.7 cm³/mol. The van der Waals surface area contributed by atoms with E-state index in [9.17, 15) is 9.59 Å². The van der Waals surface area contributed by atoms with Crippen LogP contribution in [0.5, 0.6) is 0 Å². The molecule has 1 aromatic carbocycles. The molecule has 0 atom stereocenters. The van der Waals surface area contributed by atoms with Gasteiger partial charge in [0.25, 0.3) is 11.5 Å². The average molecular weight is 317 g/mol. The first kappa shape index (κ1) is 15.0. The van der Waals surface area contributed by atoms with Gasteiger partial charge < -0.3 is 9.88 Å². The van der Waals surface area contributed by atoms with Gasteiger partial charge in [-0.15, -0.1) is 0 Å². The highest BCUT2D eigenvalue weighted by molar-refractivity contribution is 7.71. The number of likely N-dealkylation sites (tertiary alicyclic amines) is 1. The fraction of sp³-hybridized carbons (Fsp3) is 0.438. The van der Waals surface area contributed by atoms with Crippen LogP contribution in [-0.2, 0) is 7.05 Å². The van der Waals surface area contributed by atoms with E-state index >= 15 is 0 Å². The Morgan fingerprint density at radius 3 is 2.55 bits per heavy atom. The molecule has 6 heteroatoms. The molecule has 0 unspecified atom stereocenters. The summed E-state index contributed by atoms with van der Waals surface area (Å²) in [6, 6.07) is 5.17. The second kappa shape index (κ2) is 6.04. The Balaban J connectivity index is 2.01. The number of hydrogen-bond donors (Lipinski definition) is 1. The Morgan fingerprint density at radius 1 is 1.18 bits per heavy atom. The van der Waals surface area contributed by atoms with Gasteiger partial charge in [-0.1, -0.05) is 12.8 Å². The zero-order valence-electron chi connectivity index (χ0n) is 12.6. The lowest BCUT2D eigenvalue weighted by Crippen LogP contribution is -2.31. The molecule has 1 aliphatic heterocycles. The van der Waals surface area contributed by atoms with Crippen LogP contribution in [0.4, 0.5) is 0 Å². The lowest BCUT2D eigenvalue weighted by molar-refractivity contribution is 0.0762. The number of fused-ring (bicyclic) bond motifs is 1. The topological polar surface area (TPSA) is 58.1 Å². The van der Waals surface area contributed by atoms with Crippen LogP contribution in [0, 0.1) is 4.77 Å². The van der Waals surface area contributed by atoms with E-state index < -0.39 is 0 Å². The van der Waals surface area contributed by atoms with E-state index in [1.807, 2.05) is 4.90 Å². The molecule has 22 heavy (non-hydrogen) atoms. The third kappa shape index (κ3) is 2.70. The molecule has 0 bridgehead atoms. The zero-order valence-corrected chi connectivity index (χ0v) is 13.4. The molecule has 0 saturated carbocycles. The van der Waals surface area contributed by atoms with Gasteiger partial charge in [-0.25, -0.2) is 0 Å². The number of hydrogen-bond acceptors (Lipinski definition) is 3. The van der Waals surface area contributed by atoms with E-state index in [0.29, 0.717) is 21.2 Å². The van der Waals surface area contributed by atoms with Crippen molar-refractivity contribution in [2.45, 2.75) is 25.7 Å². The molecule has 2 aromatic rings. The van der Waals surface area contributed by atoms with Crippen LogP contribution in [0.25, 0.3) is 10.9 Å². The van der Waals surface area contributed by atoms with E-state index in [4.69, 9.17) is 12.2 Å². The van der Waals surface area contributed by atoms with Gasteiger partial charge in [0.2, 0.25) is 0 Å². The number of nitrogens with zero attached hydrogens (tertiary/aromatic N) is 2. The lowest BCUT2D eigenvalue weighted by atomic mass is 10.1. The second-order valence-electron chi connectivity index (χ2n) is 5.76. The van der Waals surface area contributed by atoms with Crippen LogP contribution in [0.3, 0.4) is 0 Å². The molecule has 1 aromatic heterocycles. The van der Waals surface area contributed by atoms with Gasteiger partial charge in [-0.2, -0.15) is 0 Å². The van der Waals surface area contributed by atoms with Crippen molar-refractivity contribution in [1.82, 2.24) is 14.5 Å². The van der Waals surface area contributed by atoms with Crippen LogP contribution < -0.4 is 5.56 Å². The van der Waals surface area contributed by atoms with Crippen molar-refractivity contribution in [3.8, 4) is 0 Å². The van der Waals surface area contributed by atoms with Gasteiger partial charge >= 0.3 is 0 Å². The average Bonchev–Trinajstić information content (AvgIpc) is 2.80. The summed E-state index contributed by atoms with van der Waals surface area (Å²) < 4.78 is 1.76. The van der Waals surface area contributed by atoms with E-state index in [0.717, 1.165) is 25.9 Å². The summed E-state index contributed by atoms with van der Waals surface area (Å²) >= 11 is 5.13. The first-order valence-corrected chi connectivity index (χ1v) is 8.01. The summed E-state index contributed by atoms with van der Waals surface area (Å²) in [5.41, 5.74) is 1.08. The number of carbonyl (C=O) groups is 1. The molecule has 1 fully saturated rings. The number of aromatic nitrogens is 2. The van der Waals surface area contributed by atoms with Crippen molar-refractivity contribution in [1.29, 1.82) is 0 Å². The summed E-state index contributed by atoms with van der Waals surface area (Å²) in [5, 5.41) is 0.545. The molecule has 0 spiro atoms. The number of H-pyrrole nitrogens is 1. The first-order valence-electron chi connectivity index (χ1n) is 7.60. The molecule has 0 aliphatic carbocycles. The Morgan fingerprint density at radius 2 is 1.86 bits per heavy atom. The number of rotatable bonds is 1. The standard InChI is InChI=1S/C16H19N3O2S/c1-18-15(21)12-7-6-11(10-13(12)17-16(18)22)14(20)19-8-4-2-3-5-9-19/h6-7,10H,2-5,8-9H2,1H3,(H,17,22). The normalized spacial score (nSPS) is 15.8. The Kier molecular flexibility index (Phi) is 4.11. The molecule has 2 heterocycles. The van der Waals surface area contributed by atoms with Gasteiger partial charge in [-0.3, -0.25) is 14.2 Å². The van der Waals surface area contributed by atoms with Gasteiger partial charge in [0.1, 0.15) is 0 Å². The number of aromatic amines is 1. The van der Waals surface area contributed by atoms with Crippen LogP contribution in [-0.4, -0.2) is 33.4 Å². The summed E-state index contributed by atoms with van der Waals surface area (Å²) in [7, 11) is 1.64. The summed E-state index contributed by atoms with van der Waals surface area (Å²) in [4.78, 5) is 29.7. The van der Waals surface area contributed by atoms with Crippen LogP contribution in [0.2, 0.25) is 0 Å². The Hall–Kier alpha value is -1.95. The van der Waals surface area contributed by atoms with Crippen molar-refractivity contribution in [3.63, 3.8) is 0 Å². The summed E-state index contributed by atoms with van der Waals surface area (Å²) in [5.74, 6) is 0.0313. The number of nitrogens with one attached hydrogen (secondary N) is 1. The Bertz CT molecular complexity index is 829. The van der Waals surface area contributed by atoms with Crippen LogP contribution in [0.15, 0.2) is 23.0 Å². The Labute approximate surface area is 133 Å². The zero-order chi connectivity index (χ0) is 15.7. The third-order valence-electron chi connectivity index (χ3n) is 4.24. The van der Waals surface area contributed by atoms with Crippen LogP contribution in [0.1, 0.15) is 36.0 Å². The summed E-state index contributed by atoms with van der Waals surface area (Å²) in [6.45, 7) is 1.62. The van der Waals surface area contributed by atoms with Gasteiger partial charge in [0.05, 0.1) is 10.9 Å². The predicted octanol–water partition coefficient (Wildman–Crippen LogP) is 2.61. The maximum Gasteiger partial charge on any atom is 0.261 e. The molecule has 3 rings (SSSR count). The molecule has 1 aliphatic rings. The molecule has 1 amide bonds. The fourth-order valence-electron chi connectivity index (χ4n) is 2.90. The highest BCUT2D eigenvalue weighted by Crippen LogP contribution is 2.16. The third-order valence-corrected chi connectivity index (χ3v) is 4.62. The van der Waals surface area contributed by atoms with Crippen molar-refractivity contribution in [3.05, 3.63) is 38.9 Å². The smallest absolute Gasteiger partial charge is 0.261 e. The van der Waals surface area contributed by atoms with E-state index in [2.05, 4.69) is 4.98 Å². The largest absolute Gasteiger partial charge is 0.339 e. The maximum absolute atomic E-state index is 12.6. The summed E-state index contributed by atoms with van der Waals surface area (Å²) in [6.07, 6.45) is 4.49. The SMILES string of the molecule is Cn1c(=S)[nH]c2cc(C(=O)N3CCCCCC3)ccc2c1=O. The van der Waals surface area contributed by atoms with Crippen molar-refractivity contribution in [2.75, 3.05) is 13.1 Å². The van der Waals surface area contributed by atoms with E-state index in [-0.39, 0.29) is 11.5 Å². The molecule has 0 radical (unpaired) electrons. The highest BCUT2D eigenvalue weighted by atomic mass is 32.1. The van der Waals surface area contributed by atoms with Crippen molar-refractivity contribution in [2.24, 2.45) is 7.05 Å². The molecule has 1 saturated heterocycles. The van der Waals surface area contributed by atoms with E-state index in [1.165, 1.54) is 17.4 Å². The van der Waals surface area contributed by atoms with Crippen LogP contribution >= 0.6 is 12.2 Å². The minimum Gasteiger partial charge on any atom is -0.339 e. The first-order chi connectivity index (χ1) is 10.6. The molecule has 1 N–H and O–H groups in total. The number of amides is 1. The monoisotopic (exact) mass is 317 g/mol. The van der Waals surface area contributed by atoms with E-state index in [1.54, 1.807) is 25.2 Å². The fourth-order valence-corrected chi connectivity index (χ4v) is 3.09. The lowest BCUT2D eigenvalue weighted by Gasteiger charge is -2.20. The quantitative estimate of drug-likeness (QED) is 0.823. The molecule has 5 nitrogen and oxygen atoms in total.